The van der Waals surface area contributed by atoms with E-state index in [4.69, 9.17) is 16.3 Å². The Morgan fingerprint density at radius 3 is 2.28 bits per heavy atom. The molecule has 0 saturated carbocycles. The molecule has 3 aromatic carbocycles. The maximum Gasteiger partial charge on any atom is 0.255 e. The second-order valence-electron chi connectivity index (χ2n) is 10.3. The van der Waals surface area contributed by atoms with Gasteiger partial charge in [0.05, 0.1) is 29.9 Å². The van der Waals surface area contributed by atoms with Crippen LogP contribution in [-0.4, -0.2) is 25.1 Å². The number of amides is 1. The summed E-state index contributed by atoms with van der Waals surface area (Å²) in [4.78, 5) is 26.3. The van der Waals surface area contributed by atoms with Crippen LogP contribution in [0.4, 0.5) is 17.1 Å². The van der Waals surface area contributed by atoms with Crippen molar-refractivity contribution in [3.05, 3.63) is 94.3 Å². The molecule has 1 amide bonds. The maximum absolute atomic E-state index is 13.4. The van der Waals surface area contributed by atoms with E-state index in [9.17, 15) is 9.59 Å². The Hall–Kier alpha value is -3.95. The molecule has 0 heterocycles. The van der Waals surface area contributed by atoms with Crippen molar-refractivity contribution in [2.45, 2.75) is 40.0 Å². The first-order chi connectivity index (χ1) is 18.4. The molecule has 39 heavy (non-hydrogen) atoms. The number of Topliss-reactive ketones (excluding diaryl/α,β-unsaturated/α-hetero) is 1. The number of rotatable bonds is 9. The van der Waals surface area contributed by atoms with Gasteiger partial charge in [-0.2, -0.15) is 0 Å². The normalized spacial score (nSPS) is 11.6. The van der Waals surface area contributed by atoms with Crippen LogP contribution in [0.25, 0.3) is 0 Å². The molecular formula is C30H37N5O3S. The summed E-state index contributed by atoms with van der Waals surface area (Å²) in [6, 6.07) is 16.3. The molecule has 0 fully saturated rings. The first-order valence-corrected chi connectivity index (χ1v) is 13.6. The van der Waals surface area contributed by atoms with E-state index in [0.717, 1.165) is 22.4 Å². The van der Waals surface area contributed by atoms with Crippen LogP contribution in [0, 0.1) is 13.8 Å². The van der Waals surface area contributed by atoms with Crippen molar-refractivity contribution in [2.24, 2.45) is 11.6 Å². The average molecular weight is 548 g/mol. The Morgan fingerprint density at radius 1 is 1.00 bits per heavy atom. The topological polar surface area (TPSA) is 123 Å². The number of carbonyl (C=O) groups is 2. The van der Waals surface area contributed by atoms with E-state index in [2.05, 4.69) is 30.8 Å². The molecule has 8 nitrogen and oxygen atoms in total. The van der Waals surface area contributed by atoms with Crippen molar-refractivity contribution >= 4 is 40.7 Å². The van der Waals surface area contributed by atoms with Gasteiger partial charge in [-0.3, -0.25) is 14.6 Å². The highest BCUT2D eigenvalue weighted by atomic mass is 32.2. The third kappa shape index (κ3) is 6.93. The summed E-state index contributed by atoms with van der Waals surface area (Å²) in [6.07, 6.45) is 3.29. The maximum atomic E-state index is 13.4. The van der Waals surface area contributed by atoms with E-state index in [1.165, 1.54) is 23.2 Å². The van der Waals surface area contributed by atoms with Crippen LogP contribution in [0.3, 0.4) is 0 Å². The fourth-order valence-electron chi connectivity index (χ4n) is 4.04. The predicted octanol–water partition coefficient (Wildman–Crippen LogP) is 5.91. The number of hydrazine groups is 1. The number of nitrogens with two attached hydrogens (primary N) is 2. The van der Waals surface area contributed by atoms with E-state index in [1.807, 2.05) is 44.4 Å². The van der Waals surface area contributed by atoms with Crippen LogP contribution in [0.5, 0.6) is 5.75 Å². The lowest BCUT2D eigenvalue weighted by Gasteiger charge is -2.24. The fourth-order valence-corrected chi connectivity index (χ4v) is 4.42. The van der Waals surface area contributed by atoms with Crippen molar-refractivity contribution in [1.82, 2.24) is 0 Å². The number of allylic oxidation sites excluding steroid dienone is 1. The molecule has 0 unspecified atom stereocenters. The second kappa shape index (κ2) is 12.3. The number of nitrogens with one attached hydrogen (secondary N) is 2. The Bertz CT molecular complexity index is 1410. The minimum atomic E-state index is -0.336. The predicted molar refractivity (Wildman–Crippen MR) is 162 cm³/mol. The Kier molecular flexibility index (Phi) is 9.32. The summed E-state index contributed by atoms with van der Waals surface area (Å²) in [5.74, 6) is 6.17. The monoisotopic (exact) mass is 547 g/mol. The van der Waals surface area contributed by atoms with E-state index in [0.29, 0.717) is 28.3 Å². The molecule has 0 atom stereocenters. The van der Waals surface area contributed by atoms with Crippen molar-refractivity contribution < 1.29 is 14.3 Å². The number of hydrogen-bond acceptors (Lipinski definition) is 8. The average Bonchev–Trinajstić information content (AvgIpc) is 2.88. The summed E-state index contributed by atoms with van der Waals surface area (Å²) in [5, 5.41) is 4.26. The number of nitrogens with zero attached hydrogens (tertiary/aromatic N) is 1. The molecule has 0 bridgehead atoms. The highest BCUT2D eigenvalue weighted by molar-refractivity contribution is 7.99. The van der Waals surface area contributed by atoms with Gasteiger partial charge in [-0.15, -0.1) is 0 Å². The van der Waals surface area contributed by atoms with Gasteiger partial charge < -0.3 is 20.5 Å². The highest BCUT2D eigenvalue weighted by Gasteiger charge is 2.22. The highest BCUT2D eigenvalue weighted by Crippen LogP contribution is 2.39. The summed E-state index contributed by atoms with van der Waals surface area (Å²) in [5.41, 5.74) is 11.3. The summed E-state index contributed by atoms with van der Waals surface area (Å²) >= 11 is 1.44. The third-order valence-corrected chi connectivity index (χ3v) is 6.72. The number of carbonyl (C=O) groups excluding carboxylic acids is 2. The molecule has 3 rings (SSSR count). The molecule has 6 N–H and O–H groups in total. The summed E-state index contributed by atoms with van der Waals surface area (Å²) in [7, 11) is 1.57. The second-order valence-corrected chi connectivity index (χ2v) is 10.9. The molecule has 0 aliphatic heterocycles. The third-order valence-electron chi connectivity index (χ3n) is 6.30. The minimum Gasteiger partial charge on any atom is -0.492 e. The lowest BCUT2D eigenvalue weighted by Crippen LogP contribution is -2.29. The van der Waals surface area contributed by atoms with Gasteiger partial charge in [0.2, 0.25) is 5.78 Å². The van der Waals surface area contributed by atoms with Crippen LogP contribution in [0.15, 0.2) is 66.5 Å². The molecule has 9 heteroatoms. The van der Waals surface area contributed by atoms with Crippen LogP contribution >= 0.6 is 11.9 Å². The SMILES string of the molecule is COc1c(NSC)cc(C(C)(C)C)cc1NC(=O)c1ccc(C)c(N(N)/C=C(\N)C(=O)c2ccccc2C)c1. The number of methoxy groups -OCH3 is 1. The zero-order chi connectivity index (χ0) is 28.9. The molecule has 0 saturated heterocycles. The number of aryl methyl sites for hydroxylation is 2. The number of ketones is 1. The van der Waals surface area contributed by atoms with Crippen molar-refractivity contribution in [1.29, 1.82) is 0 Å². The van der Waals surface area contributed by atoms with Crippen LogP contribution in [-0.2, 0) is 5.41 Å². The number of anilines is 3. The largest absolute Gasteiger partial charge is 0.492 e. The zero-order valence-corrected chi connectivity index (χ0v) is 24.3. The van der Waals surface area contributed by atoms with Gasteiger partial charge in [-0.1, -0.05) is 63.1 Å². The molecule has 3 aromatic rings. The Labute approximate surface area is 234 Å². The molecule has 0 aliphatic carbocycles. The van der Waals surface area contributed by atoms with Gasteiger partial charge in [-0.05, 0) is 60.2 Å². The van der Waals surface area contributed by atoms with Crippen molar-refractivity contribution in [3.8, 4) is 5.75 Å². The van der Waals surface area contributed by atoms with E-state index in [-0.39, 0.29) is 22.8 Å². The van der Waals surface area contributed by atoms with E-state index < -0.39 is 0 Å². The van der Waals surface area contributed by atoms with Crippen molar-refractivity contribution in [3.63, 3.8) is 0 Å². The molecule has 0 aliphatic rings. The van der Waals surface area contributed by atoms with Crippen LogP contribution in [0.1, 0.15) is 58.2 Å². The van der Waals surface area contributed by atoms with E-state index >= 15 is 0 Å². The first-order valence-electron chi connectivity index (χ1n) is 12.4. The number of hydrogen-bond donors (Lipinski definition) is 4. The quantitative estimate of drug-likeness (QED) is 0.0857. The minimum absolute atomic E-state index is 0.0152. The molecule has 0 aromatic heterocycles. The van der Waals surface area contributed by atoms with Gasteiger partial charge >= 0.3 is 0 Å². The Balaban J connectivity index is 1.93. The summed E-state index contributed by atoms with van der Waals surface area (Å²) < 4.78 is 8.89. The smallest absolute Gasteiger partial charge is 0.255 e. The van der Waals surface area contributed by atoms with Gasteiger partial charge in [0.25, 0.3) is 5.91 Å². The van der Waals surface area contributed by atoms with E-state index in [1.54, 1.807) is 37.4 Å². The van der Waals surface area contributed by atoms with Gasteiger partial charge in [-0.25, -0.2) is 5.84 Å². The van der Waals surface area contributed by atoms with Crippen molar-refractivity contribution in [2.75, 3.05) is 28.4 Å². The van der Waals surface area contributed by atoms with Gasteiger partial charge in [0.15, 0.2) is 5.75 Å². The number of ether oxygens (including phenoxy) is 1. The zero-order valence-electron chi connectivity index (χ0n) is 23.5. The Morgan fingerprint density at radius 2 is 1.67 bits per heavy atom. The molecule has 0 radical (unpaired) electrons. The first kappa shape index (κ1) is 29.6. The molecule has 206 valence electrons. The fraction of sp³-hybridized carbons (Fsp3) is 0.267. The lowest BCUT2D eigenvalue weighted by atomic mass is 9.86. The number of benzene rings is 3. The molecule has 0 spiro atoms. The molecular weight excluding hydrogens is 510 g/mol. The van der Waals surface area contributed by atoms with Crippen LogP contribution in [0.2, 0.25) is 0 Å². The van der Waals surface area contributed by atoms with Gasteiger partial charge in [0, 0.05) is 23.6 Å². The van der Waals surface area contributed by atoms with Gasteiger partial charge in [0.1, 0.15) is 0 Å². The lowest BCUT2D eigenvalue weighted by molar-refractivity contribution is 0.102. The standard InChI is InChI=1S/C30H37N5O3S/c1-18-10-8-9-11-22(18)27(36)23(31)17-35(32)26-14-20(13-12-19(26)2)29(37)33-24-15-21(30(3,4)5)16-25(34-39-7)28(24)38-6/h8-17,34H,31-32H2,1-7H3,(H,33,37)/b23-17-. The van der Waals surface area contributed by atoms with Crippen LogP contribution < -0.4 is 31.4 Å². The summed E-state index contributed by atoms with van der Waals surface area (Å²) in [6.45, 7) is 10.0.